The van der Waals surface area contributed by atoms with Gasteiger partial charge in [-0.3, -0.25) is 9.78 Å². The smallest absolute Gasteiger partial charge is 0.270 e. The average Bonchev–Trinajstić information content (AvgIpc) is 3.11. The monoisotopic (exact) mass is 375 g/mol. The van der Waals surface area contributed by atoms with Gasteiger partial charge in [-0.15, -0.1) is 11.3 Å². The second kappa shape index (κ2) is 8.48. The van der Waals surface area contributed by atoms with E-state index < -0.39 is 11.6 Å². The van der Waals surface area contributed by atoms with Gasteiger partial charge in [0.25, 0.3) is 5.91 Å². The third kappa shape index (κ3) is 4.82. The predicted molar refractivity (Wildman–Crippen MR) is 93.1 cm³/mol. The molecule has 2 heterocycles. The maximum atomic E-state index is 13.5. The molecule has 1 N–H and O–H groups in total. The van der Waals surface area contributed by atoms with E-state index in [1.165, 1.54) is 17.4 Å². The minimum Gasteiger partial charge on any atom is -0.483 e. The summed E-state index contributed by atoms with van der Waals surface area (Å²) in [6.45, 7) is 0.439. The van der Waals surface area contributed by atoms with Crippen LogP contribution in [0.1, 0.15) is 21.2 Å². The molecular formula is C18H15F2N3O2S. The number of carbonyl (C=O) groups is 1. The first-order valence-corrected chi connectivity index (χ1v) is 8.70. The Hall–Kier alpha value is -2.87. The van der Waals surface area contributed by atoms with Crippen molar-refractivity contribution in [3.63, 3.8) is 0 Å². The number of thiazole rings is 1. The van der Waals surface area contributed by atoms with Gasteiger partial charge in [0.1, 0.15) is 23.1 Å². The zero-order chi connectivity index (χ0) is 18.4. The largest absolute Gasteiger partial charge is 0.483 e. The molecule has 8 heteroatoms. The number of nitrogens with zero attached hydrogens (tertiary/aromatic N) is 2. The number of carbonyl (C=O) groups excluding carboxylic acids is 1. The summed E-state index contributed by atoms with van der Waals surface area (Å²) >= 11 is 1.23. The van der Waals surface area contributed by atoms with Crippen molar-refractivity contribution in [2.24, 2.45) is 0 Å². The number of hydrogen-bond donors (Lipinski definition) is 1. The fourth-order valence-electron chi connectivity index (χ4n) is 2.15. The molecule has 0 radical (unpaired) electrons. The molecule has 0 aliphatic heterocycles. The molecule has 0 spiro atoms. The molecule has 1 aromatic carbocycles. The van der Waals surface area contributed by atoms with Crippen LogP contribution < -0.4 is 10.1 Å². The van der Waals surface area contributed by atoms with E-state index in [9.17, 15) is 13.6 Å². The minimum atomic E-state index is -0.783. The highest BCUT2D eigenvalue weighted by molar-refractivity contribution is 7.09. The van der Waals surface area contributed by atoms with E-state index in [1.54, 1.807) is 11.6 Å². The lowest BCUT2D eigenvalue weighted by atomic mass is 10.2. The number of amides is 1. The Labute approximate surface area is 152 Å². The number of benzene rings is 1. The highest BCUT2D eigenvalue weighted by Gasteiger charge is 2.12. The van der Waals surface area contributed by atoms with E-state index in [2.05, 4.69) is 15.3 Å². The molecule has 0 unspecified atom stereocenters. The molecular weight excluding hydrogens is 360 g/mol. The van der Waals surface area contributed by atoms with Crippen LogP contribution in [0.5, 0.6) is 5.75 Å². The molecule has 5 nitrogen and oxygen atoms in total. The summed E-state index contributed by atoms with van der Waals surface area (Å²) in [6, 6.07) is 8.68. The molecule has 0 aliphatic rings. The first kappa shape index (κ1) is 17.9. The van der Waals surface area contributed by atoms with Gasteiger partial charge in [-0.25, -0.2) is 13.8 Å². The van der Waals surface area contributed by atoms with Crippen LogP contribution in [0.2, 0.25) is 0 Å². The van der Waals surface area contributed by atoms with Gasteiger partial charge in [-0.1, -0.05) is 6.07 Å². The normalized spacial score (nSPS) is 10.5. The molecule has 0 saturated heterocycles. The summed E-state index contributed by atoms with van der Waals surface area (Å²) in [4.78, 5) is 20.4. The van der Waals surface area contributed by atoms with Crippen LogP contribution in [0, 0.1) is 11.6 Å². The maximum absolute atomic E-state index is 13.5. The van der Waals surface area contributed by atoms with Gasteiger partial charge in [0, 0.05) is 36.3 Å². The zero-order valence-electron chi connectivity index (χ0n) is 13.6. The molecule has 0 aliphatic carbocycles. The summed E-state index contributed by atoms with van der Waals surface area (Å²) in [5.74, 6) is -1.82. The number of pyridine rings is 1. The van der Waals surface area contributed by atoms with Crippen LogP contribution in [0.15, 0.2) is 48.0 Å². The van der Waals surface area contributed by atoms with Crippen molar-refractivity contribution >= 4 is 17.2 Å². The molecule has 26 heavy (non-hydrogen) atoms. The van der Waals surface area contributed by atoms with Gasteiger partial charge < -0.3 is 10.1 Å². The summed E-state index contributed by atoms with van der Waals surface area (Å²) < 4.78 is 31.6. The minimum absolute atomic E-state index is 0.00552. The molecule has 1 amide bonds. The highest BCUT2D eigenvalue weighted by atomic mass is 32.1. The van der Waals surface area contributed by atoms with Gasteiger partial charge in [0.05, 0.1) is 0 Å². The Bertz CT molecular complexity index is 887. The topological polar surface area (TPSA) is 64.1 Å². The summed E-state index contributed by atoms with van der Waals surface area (Å²) in [7, 11) is 0. The van der Waals surface area contributed by atoms with E-state index >= 15 is 0 Å². The standard InChI is InChI=1S/C18H15F2N3O2S/c19-12-4-5-16(14(20)9-12)25-10-17-23-15(11-26-17)18(24)22-8-6-13-3-1-2-7-21-13/h1-5,7,9,11H,6,8,10H2,(H,22,24). The van der Waals surface area contributed by atoms with Gasteiger partial charge in [-0.05, 0) is 24.3 Å². The maximum Gasteiger partial charge on any atom is 0.270 e. The van der Waals surface area contributed by atoms with Crippen LogP contribution in [-0.2, 0) is 13.0 Å². The van der Waals surface area contributed by atoms with Crippen LogP contribution in [0.4, 0.5) is 8.78 Å². The third-order valence-electron chi connectivity index (χ3n) is 3.42. The highest BCUT2D eigenvalue weighted by Crippen LogP contribution is 2.20. The molecule has 3 aromatic rings. The van der Waals surface area contributed by atoms with Gasteiger partial charge in [-0.2, -0.15) is 0 Å². The van der Waals surface area contributed by atoms with Crippen molar-refractivity contribution < 1.29 is 18.3 Å². The molecule has 0 saturated carbocycles. The second-order valence-electron chi connectivity index (χ2n) is 5.32. The molecule has 3 rings (SSSR count). The summed E-state index contributed by atoms with van der Waals surface area (Å²) in [5, 5.41) is 4.90. The Morgan fingerprint density at radius 3 is 2.88 bits per heavy atom. The predicted octanol–water partition coefficient (Wildman–Crippen LogP) is 3.37. The lowest BCUT2D eigenvalue weighted by molar-refractivity contribution is 0.0949. The second-order valence-corrected chi connectivity index (χ2v) is 6.26. The number of hydrogen-bond acceptors (Lipinski definition) is 5. The number of nitrogens with one attached hydrogen (secondary N) is 1. The van der Waals surface area contributed by atoms with Crippen LogP contribution >= 0.6 is 11.3 Å². The lowest BCUT2D eigenvalue weighted by Crippen LogP contribution is -2.26. The van der Waals surface area contributed by atoms with Crippen molar-refractivity contribution in [1.82, 2.24) is 15.3 Å². The Morgan fingerprint density at radius 1 is 1.23 bits per heavy atom. The Kier molecular flexibility index (Phi) is 5.85. The van der Waals surface area contributed by atoms with Crippen molar-refractivity contribution in [2.45, 2.75) is 13.0 Å². The number of halogens is 2. The van der Waals surface area contributed by atoms with Gasteiger partial charge in [0.15, 0.2) is 11.6 Å². The Morgan fingerprint density at radius 2 is 2.12 bits per heavy atom. The zero-order valence-corrected chi connectivity index (χ0v) is 14.4. The first-order chi connectivity index (χ1) is 12.6. The van der Waals surface area contributed by atoms with E-state index in [-0.39, 0.29) is 24.0 Å². The van der Waals surface area contributed by atoms with Crippen LogP contribution in [-0.4, -0.2) is 22.4 Å². The van der Waals surface area contributed by atoms with Gasteiger partial charge >= 0.3 is 0 Å². The fourth-order valence-corrected chi connectivity index (χ4v) is 2.84. The molecule has 0 atom stereocenters. The van der Waals surface area contributed by atoms with Crippen molar-refractivity contribution in [3.05, 3.63) is 76.0 Å². The van der Waals surface area contributed by atoms with Crippen LogP contribution in [0.25, 0.3) is 0 Å². The van der Waals surface area contributed by atoms with E-state index in [4.69, 9.17) is 4.74 Å². The summed E-state index contributed by atoms with van der Waals surface area (Å²) in [5.41, 5.74) is 1.16. The molecule has 0 bridgehead atoms. The molecule has 0 fully saturated rings. The van der Waals surface area contributed by atoms with Crippen molar-refractivity contribution in [1.29, 1.82) is 0 Å². The summed E-state index contributed by atoms with van der Waals surface area (Å²) in [6.07, 6.45) is 2.32. The fraction of sp³-hybridized carbons (Fsp3) is 0.167. The average molecular weight is 375 g/mol. The van der Waals surface area contributed by atoms with Crippen LogP contribution in [0.3, 0.4) is 0 Å². The van der Waals surface area contributed by atoms with Crippen molar-refractivity contribution in [2.75, 3.05) is 6.54 Å². The molecule has 134 valence electrons. The number of aromatic nitrogens is 2. The van der Waals surface area contributed by atoms with Gasteiger partial charge in [0.2, 0.25) is 0 Å². The number of rotatable bonds is 7. The molecule has 2 aromatic heterocycles. The first-order valence-electron chi connectivity index (χ1n) is 7.82. The quantitative estimate of drug-likeness (QED) is 0.688. The number of ether oxygens (including phenoxy) is 1. The Balaban J connectivity index is 1.49. The van der Waals surface area contributed by atoms with E-state index in [1.807, 2.05) is 18.2 Å². The van der Waals surface area contributed by atoms with E-state index in [0.717, 1.165) is 17.8 Å². The van der Waals surface area contributed by atoms with E-state index in [0.29, 0.717) is 18.0 Å². The third-order valence-corrected chi connectivity index (χ3v) is 4.24. The SMILES string of the molecule is O=C(NCCc1ccccn1)c1csc(COc2ccc(F)cc2F)n1. The lowest BCUT2D eigenvalue weighted by Gasteiger charge is -2.05. The van der Waals surface area contributed by atoms with Crippen molar-refractivity contribution in [3.8, 4) is 5.75 Å².